The molecular weight excluding hydrogens is 451 g/mol. The molecule has 3 aromatic rings. The van der Waals surface area contributed by atoms with Crippen molar-refractivity contribution in [1.82, 2.24) is 9.97 Å². The van der Waals surface area contributed by atoms with Gasteiger partial charge in [0, 0.05) is 24.2 Å². The van der Waals surface area contributed by atoms with Crippen LogP contribution in [0.4, 0.5) is 21.6 Å². The number of aromatic nitrogens is 2. The van der Waals surface area contributed by atoms with Crippen molar-refractivity contribution >= 4 is 39.9 Å². The first-order valence-electron chi connectivity index (χ1n) is 11.9. The zero-order chi connectivity index (χ0) is 24.3. The Labute approximate surface area is 205 Å². The molecule has 1 saturated heterocycles. The van der Waals surface area contributed by atoms with E-state index in [1.165, 1.54) is 49.2 Å². The largest absolute Gasteiger partial charge is 0.488 e. The van der Waals surface area contributed by atoms with Crippen LogP contribution in [0.25, 0.3) is 10.9 Å². The normalized spacial score (nSPS) is 15.6. The average Bonchev–Trinajstić information content (AvgIpc) is 3.43. The minimum Gasteiger partial charge on any atom is -0.488 e. The molecule has 0 amide bonds. The molecule has 1 aliphatic heterocycles. The summed E-state index contributed by atoms with van der Waals surface area (Å²) >= 11 is 2.07. The van der Waals surface area contributed by atoms with Crippen LogP contribution in [-0.2, 0) is 0 Å². The first-order chi connectivity index (χ1) is 16.6. The second-order valence-electron chi connectivity index (χ2n) is 8.42. The number of ether oxygens (including phenoxy) is 1. The predicted octanol–water partition coefficient (Wildman–Crippen LogP) is 6.24. The third kappa shape index (κ3) is 7.21. The number of aryl methyl sites for hydroxylation is 1. The van der Waals surface area contributed by atoms with Crippen LogP contribution in [0.1, 0.15) is 50.5 Å². The van der Waals surface area contributed by atoms with Crippen LogP contribution >= 0.6 is 11.8 Å². The first kappa shape index (κ1) is 26.0. The molecule has 2 aliphatic rings. The van der Waals surface area contributed by atoms with Gasteiger partial charge in [0.15, 0.2) is 0 Å². The number of nitrogen functional groups attached to an aromatic ring is 1. The predicted molar refractivity (Wildman–Crippen MR) is 141 cm³/mol. The SMILES string of the molecule is C1CCSC1.CO.Cc1cc(N)cc2ncnc(Nc3ccc(F)cc3OC3CCCCC3)c12. The van der Waals surface area contributed by atoms with Crippen molar-refractivity contribution in [2.75, 3.05) is 29.7 Å². The van der Waals surface area contributed by atoms with E-state index < -0.39 is 0 Å². The molecule has 0 bridgehead atoms. The van der Waals surface area contributed by atoms with E-state index in [1.807, 2.05) is 19.1 Å². The van der Waals surface area contributed by atoms with Gasteiger partial charge in [-0.15, -0.1) is 0 Å². The van der Waals surface area contributed by atoms with E-state index in [0.717, 1.165) is 49.3 Å². The number of thioether (sulfide) groups is 1. The number of hydrogen-bond acceptors (Lipinski definition) is 7. The lowest BCUT2D eigenvalue weighted by atomic mass is 9.98. The summed E-state index contributed by atoms with van der Waals surface area (Å²) in [5.74, 6) is 3.68. The van der Waals surface area contributed by atoms with E-state index in [2.05, 4.69) is 27.0 Å². The molecule has 184 valence electrons. The van der Waals surface area contributed by atoms with E-state index >= 15 is 0 Å². The van der Waals surface area contributed by atoms with Gasteiger partial charge in [-0.2, -0.15) is 11.8 Å². The van der Waals surface area contributed by atoms with Crippen molar-refractivity contribution in [2.24, 2.45) is 0 Å². The van der Waals surface area contributed by atoms with E-state index in [1.54, 1.807) is 6.07 Å². The molecule has 2 fully saturated rings. The van der Waals surface area contributed by atoms with Crippen molar-refractivity contribution < 1.29 is 14.2 Å². The van der Waals surface area contributed by atoms with Crippen LogP contribution in [0.3, 0.4) is 0 Å². The Morgan fingerprint density at radius 2 is 1.76 bits per heavy atom. The lowest BCUT2D eigenvalue weighted by molar-refractivity contribution is 0.155. The van der Waals surface area contributed by atoms with Crippen LogP contribution in [0.5, 0.6) is 5.75 Å². The Bertz CT molecular complexity index is 1050. The van der Waals surface area contributed by atoms with E-state index in [4.69, 9.17) is 15.6 Å². The maximum absolute atomic E-state index is 13.9. The third-order valence-corrected chi connectivity index (χ3v) is 6.98. The topological polar surface area (TPSA) is 93.3 Å². The van der Waals surface area contributed by atoms with Crippen molar-refractivity contribution in [2.45, 2.75) is 58.0 Å². The number of aliphatic hydroxyl groups excluding tert-OH is 1. The molecule has 4 N–H and O–H groups in total. The lowest BCUT2D eigenvalue weighted by Gasteiger charge is -2.24. The highest BCUT2D eigenvalue weighted by Gasteiger charge is 2.18. The fourth-order valence-electron chi connectivity index (χ4n) is 4.21. The molecule has 8 heteroatoms. The van der Waals surface area contributed by atoms with Crippen LogP contribution in [0, 0.1) is 12.7 Å². The van der Waals surface area contributed by atoms with E-state index in [0.29, 0.717) is 22.9 Å². The zero-order valence-electron chi connectivity index (χ0n) is 20.0. The Balaban J connectivity index is 0.000000404. The quantitative estimate of drug-likeness (QED) is 0.376. The van der Waals surface area contributed by atoms with Gasteiger partial charge in [0.05, 0.1) is 17.3 Å². The number of benzene rings is 2. The molecule has 0 atom stereocenters. The maximum Gasteiger partial charge on any atom is 0.146 e. The number of nitrogens with one attached hydrogen (secondary N) is 1. The van der Waals surface area contributed by atoms with Gasteiger partial charge in [0.2, 0.25) is 0 Å². The molecule has 0 spiro atoms. The Hall–Kier alpha value is -2.58. The smallest absolute Gasteiger partial charge is 0.146 e. The molecule has 2 aromatic carbocycles. The molecule has 1 aromatic heterocycles. The molecule has 6 nitrogen and oxygen atoms in total. The number of hydrogen-bond donors (Lipinski definition) is 3. The molecule has 1 aliphatic carbocycles. The number of nitrogens with zero attached hydrogens (tertiary/aromatic N) is 2. The molecule has 34 heavy (non-hydrogen) atoms. The number of halogens is 1. The van der Waals surface area contributed by atoms with E-state index in [9.17, 15) is 4.39 Å². The summed E-state index contributed by atoms with van der Waals surface area (Å²) in [4.78, 5) is 8.70. The van der Waals surface area contributed by atoms with Crippen LogP contribution in [0.2, 0.25) is 0 Å². The molecule has 2 heterocycles. The Kier molecular flexibility index (Phi) is 10.2. The molecule has 5 rings (SSSR count). The molecule has 0 unspecified atom stereocenters. The summed E-state index contributed by atoms with van der Waals surface area (Å²) in [5.41, 5.74) is 9.02. The minimum absolute atomic E-state index is 0.129. The standard InChI is InChI=1S/C21H23FN4O.C4H8S.CH4O/c1-13-9-15(23)11-18-20(13)21(25-12-24-18)26-17-8-7-14(22)10-19(17)27-16-5-3-2-4-6-16;1-2-4-5-3-1;1-2/h7-12,16H,2-6,23H2,1H3,(H,24,25,26);1-4H2;2H,1H3. The highest BCUT2D eigenvalue weighted by atomic mass is 32.2. The number of nitrogens with two attached hydrogens (primary N) is 1. The second-order valence-corrected chi connectivity index (χ2v) is 9.64. The number of anilines is 3. The van der Waals surface area contributed by atoms with Crippen molar-refractivity contribution in [3.63, 3.8) is 0 Å². The highest BCUT2D eigenvalue weighted by Crippen LogP contribution is 2.34. The Morgan fingerprint density at radius 1 is 1.03 bits per heavy atom. The molecule has 0 radical (unpaired) electrons. The summed E-state index contributed by atoms with van der Waals surface area (Å²) in [6, 6.07) is 8.25. The number of fused-ring (bicyclic) bond motifs is 1. The Morgan fingerprint density at radius 3 is 2.44 bits per heavy atom. The summed E-state index contributed by atoms with van der Waals surface area (Å²) in [5, 5.41) is 11.2. The third-order valence-electron chi connectivity index (χ3n) is 5.83. The fraction of sp³-hybridized carbons (Fsp3) is 0.462. The summed E-state index contributed by atoms with van der Waals surface area (Å²) in [6.45, 7) is 1.97. The average molecular weight is 487 g/mol. The van der Waals surface area contributed by atoms with Gasteiger partial charge in [0.25, 0.3) is 0 Å². The number of aliphatic hydroxyl groups is 1. The monoisotopic (exact) mass is 486 g/mol. The van der Waals surface area contributed by atoms with Gasteiger partial charge in [0.1, 0.15) is 23.7 Å². The first-order valence-corrected chi connectivity index (χ1v) is 13.0. The van der Waals surface area contributed by atoms with Gasteiger partial charge in [-0.3, -0.25) is 0 Å². The number of rotatable bonds is 4. The molecular formula is C26H35FN4O2S. The second kappa shape index (κ2) is 13.3. The van der Waals surface area contributed by atoms with Gasteiger partial charge in [-0.25, -0.2) is 14.4 Å². The van der Waals surface area contributed by atoms with Crippen LogP contribution in [-0.4, -0.2) is 39.8 Å². The van der Waals surface area contributed by atoms with Crippen molar-refractivity contribution in [3.8, 4) is 5.75 Å². The summed E-state index contributed by atoms with van der Waals surface area (Å²) in [7, 11) is 1.00. The van der Waals surface area contributed by atoms with E-state index in [-0.39, 0.29) is 11.9 Å². The van der Waals surface area contributed by atoms with Crippen LogP contribution < -0.4 is 15.8 Å². The summed E-state index contributed by atoms with van der Waals surface area (Å²) in [6.07, 6.45) is 10.1. The van der Waals surface area contributed by atoms with Crippen molar-refractivity contribution in [3.05, 3.63) is 48.0 Å². The maximum atomic E-state index is 13.9. The zero-order valence-corrected chi connectivity index (χ0v) is 20.8. The lowest BCUT2D eigenvalue weighted by Crippen LogP contribution is -2.20. The van der Waals surface area contributed by atoms with Gasteiger partial charge in [-0.1, -0.05) is 6.42 Å². The van der Waals surface area contributed by atoms with Gasteiger partial charge < -0.3 is 20.9 Å². The van der Waals surface area contributed by atoms with Gasteiger partial charge >= 0.3 is 0 Å². The van der Waals surface area contributed by atoms with Crippen LogP contribution in [0.15, 0.2) is 36.7 Å². The molecule has 1 saturated carbocycles. The summed E-state index contributed by atoms with van der Waals surface area (Å²) < 4.78 is 20.0. The fourth-order valence-corrected chi connectivity index (χ4v) is 5.23. The minimum atomic E-state index is -0.317. The van der Waals surface area contributed by atoms with Gasteiger partial charge in [-0.05, 0) is 86.8 Å². The highest BCUT2D eigenvalue weighted by molar-refractivity contribution is 7.99. The van der Waals surface area contributed by atoms with Crippen molar-refractivity contribution in [1.29, 1.82) is 0 Å².